The van der Waals surface area contributed by atoms with Crippen LogP contribution >= 0.6 is 0 Å². The van der Waals surface area contributed by atoms with Gasteiger partial charge in [-0.25, -0.2) is 0 Å². The lowest BCUT2D eigenvalue weighted by Crippen LogP contribution is -2.01. The summed E-state index contributed by atoms with van der Waals surface area (Å²) in [4.78, 5) is 0. The van der Waals surface area contributed by atoms with Crippen molar-refractivity contribution in [3.05, 3.63) is 11.6 Å². The molecule has 1 aliphatic rings. The number of aliphatic hydroxyl groups is 1. The van der Waals surface area contributed by atoms with Crippen LogP contribution in [0.4, 0.5) is 0 Å². The molecule has 0 aromatic carbocycles. The van der Waals surface area contributed by atoms with Crippen molar-refractivity contribution in [1.29, 1.82) is 0 Å². The SMILES string of the molecule is CCCC1CCC=C1CO. The minimum Gasteiger partial charge on any atom is -0.392 e. The lowest BCUT2D eigenvalue weighted by molar-refractivity contribution is 0.312. The molecule has 0 fully saturated rings. The quantitative estimate of drug-likeness (QED) is 0.595. The van der Waals surface area contributed by atoms with Crippen molar-refractivity contribution in [2.24, 2.45) is 5.92 Å². The molecular weight excluding hydrogens is 124 g/mol. The second-order valence-corrected chi connectivity index (χ2v) is 3.00. The molecular formula is C9H16O. The van der Waals surface area contributed by atoms with Gasteiger partial charge in [-0.15, -0.1) is 0 Å². The number of hydrogen-bond donors (Lipinski definition) is 1. The Morgan fingerprint density at radius 2 is 2.50 bits per heavy atom. The third-order valence-corrected chi connectivity index (χ3v) is 2.27. The summed E-state index contributed by atoms with van der Waals surface area (Å²) in [5, 5.41) is 8.89. The molecule has 1 aliphatic carbocycles. The average molecular weight is 140 g/mol. The van der Waals surface area contributed by atoms with Crippen molar-refractivity contribution in [2.45, 2.75) is 32.6 Å². The predicted molar refractivity (Wildman–Crippen MR) is 42.8 cm³/mol. The van der Waals surface area contributed by atoms with E-state index in [1.165, 1.54) is 31.3 Å². The minimum atomic E-state index is 0.282. The third kappa shape index (κ3) is 1.60. The van der Waals surface area contributed by atoms with E-state index >= 15 is 0 Å². The van der Waals surface area contributed by atoms with Gasteiger partial charge in [-0.2, -0.15) is 0 Å². The highest BCUT2D eigenvalue weighted by molar-refractivity contribution is 5.12. The highest BCUT2D eigenvalue weighted by Crippen LogP contribution is 2.28. The molecule has 0 bridgehead atoms. The van der Waals surface area contributed by atoms with Gasteiger partial charge in [0.05, 0.1) is 6.61 Å². The molecule has 0 aromatic heterocycles. The third-order valence-electron chi connectivity index (χ3n) is 2.27. The van der Waals surface area contributed by atoms with Gasteiger partial charge in [0, 0.05) is 0 Å². The monoisotopic (exact) mass is 140 g/mol. The zero-order valence-corrected chi connectivity index (χ0v) is 6.64. The molecule has 1 unspecified atom stereocenters. The maximum atomic E-state index is 8.89. The smallest absolute Gasteiger partial charge is 0.0644 e. The molecule has 0 spiro atoms. The number of allylic oxidation sites excluding steroid dienone is 1. The van der Waals surface area contributed by atoms with Crippen LogP contribution in [0, 0.1) is 5.92 Å². The second kappa shape index (κ2) is 3.77. The lowest BCUT2D eigenvalue weighted by atomic mass is 9.97. The summed E-state index contributed by atoms with van der Waals surface area (Å²) in [5.41, 5.74) is 1.28. The molecule has 58 valence electrons. The topological polar surface area (TPSA) is 20.2 Å². The van der Waals surface area contributed by atoms with Crippen LogP contribution in [0.5, 0.6) is 0 Å². The first kappa shape index (κ1) is 7.80. The molecule has 0 aromatic rings. The summed E-state index contributed by atoms with van der Waals surface area (Å²) in [5.74, 6) is 0.704. The largest absolute Gasteiger partial charge is 0.392 e. The lowest BCUT2D eigenvalue weighted by Gasteiger charge is -2.10. The van der Waals surface area contributed by atoms with Gasteiger partial charge in [0.2, 0.25) is 0 Å². The van der Waals surface area contributed by atoms with Gasteiger partial charge in [-0.3, -0.25) is 0 Å². The van der Waals surface area contributed by atoms with Gasteiger partial charge in [0.15, 0.2) is 0 Å². The molecule has 1 heteroatoms. The van der Waals surface area contributed by atoms with E-state index in [2.05, 4.69) is 13.0 Å². The summed E-state index contributed by atoms with van der Waals surface area (Å²) < 4.78 is 0. The van der Waals surface area contributed by atoms with Crippen LogP contribution in [-0.2, 0) is 0 Å². The van der Waals surface area contributed by atoms with Crippen LogP contribution in [0.2, 0.25) is 0 Å². The highest BCUT2D eigenvalue weighted by Gasteiger charge is 2.16. The molecule has 0 saturated heterocycles. The van der Waals surface area contributed by atoms with Crippen molar-refractivity contribution in [2.75, 3.05) is 6.61 Å². The molecule has 1 atom stereocenters. The van der Waals surface area contributed by atoms with E-state index in [9.17, 15) is 0 Å². The van der Waals surface area contributed by atoms with Crippen LogP contribution in [0.1, 0.15) is 32.6 Å². The van der Waals surface area contributed by atoms with Crippen molar-refractivity contribution in [3.63, 3.8) is 0 Å². The molecule has 0 amide bonds. The Morgan fingerprint density at radius 3 is 3.10 bits per heavy atom. The zero-order valence-electron chi connectivity index (χ0n) is 6.64. The fraction of sp³-hybridized carbons (Fsp3) is 0.778. The zero-order chi connectivity index (χ0) is 7.40. The normalized spacial score (nSPS) is 25.0. The van der Waals surface area contributed by atoms with Crippen molar-refractivity contribution in [3.8, 4) is 0 Å². The summed E-state index contributed by atoms with van der Waals surface area (Å²) in [6.45, 7) is 2.48. The molecule has 0 heterocycles. The van der Waals surface area contributed by atoms with Crippen molar-refractivity contribution < 1.29 is 5.11 Å². The van der Waals surface area contributed by atoms with E-state index in [1.54, 1.807) is 0 Å². The summed E-state index contributed by atoms with van der Waals surface area (Å²) >= 11 is 0. The second-order valence-electron chi connectivity index (χ2n) is 3.00. The Bertz CT molecular complexity index is 127. The molecule has 0 saturated carbocycles. The molecule has 1 rings (SSSR count). The van der Waals surface area contributed by atoms with E-state index in [0.717, 1.165) is 0 Å². The first-order valence-electron chi connectivity index (χ1n) is 4.18. The van der Waals surface area contributed by atoms with Gasteiger partial charge in [0.1, 0.15) is 0 Å². The first-order valence-corrected chi connectivity index (χ1v) is 4.18. The van der Waals surface area contributed by atoms with E-state index in [-0.39, 0.29) is 6.61 Å². The Balaban J connectivity index is 2.38. The first-order chi connectivity index (χ1) is 4.88. The summed E-state index contributed by atoms with van der Waals surface area (Å²) in [6.07, 6.45) is 7.14. The summed E-state index contributed by atoms with van der Waals surface area (Å²) in [6, 6.07) is 0. The Morgan fingerprint density at radius 1 is 1.70 bits per heavy atom. The molecule has 1 nitrogen and oxygen atoms in total. The highest BCUT2D eigenvalue weighted by atomic mass is 16.3. The van der Waals surface area contributed by atoms with Crippen molar-refractivity contribution in [1.82, 2.24) is 0 Å². The fourth-order valence-electron chi connectivity index (χ4n) is 1.69. The van der Waals surface area contributed by atoms with Crippen LogP contribution < -0.4 is 0 Å². The van der Waals surface area contributed by atoms with E-state index in [4.69, 9.17) is 5.11 Å². The van der Waals surface area contributed by atoms with Crippen LogP contribution in [0.3, 0.4) is 0 Å². The maximum Gasteiger partial charge on any atom is 0.0644 e. The van der Waals surface area contributed by atoms with Gasteiger partial charge in [0.25, 0.3) is 0 Å². The maximum absolute atomic E-state index is 8.89. The molecule has 1 N–H and O–H groups in total. The number of hydrogen-bond acceptors (Lipinski definition) is 1. The minimum absolute atomic E-state index is 0.282. The molecule has 0 aliphatic heterocycles. The van der Waals surface area contributed by atoms with Gasteiger partial charge >= 0.3 is 0 Å². The Kier molecular flexibility index (Phi) is 2.94. The molecule has 0 radical (unpaired) electrons. The van der Waals surface area contributed by atoms with E-state index < -0.39 is 0 Å². The summed E-state index contributed by atoms with van der Waals surface area (Å²) in [7, 11) is 0. The number of rotatable bonds is 3. The van der Waals surface area contributed by atoms with Crippen LogP contribution in [0.15, 0.2) is 11.6 Å². The van der Waals surface area contributed by atoms with E-state index in [1.807, 2.05) is 0 Å². The molecule has 10 heavy (non-hydrogen) atoms. The fourth-order valence-corrected chi connectivity index (χ4v) is 1.69. The van der Waals surface area contributed by atoms with Gasteiger partial charge in [-0.1, -0.05) is 19.4 Å². The van der Waals surface area contributed by atoms with E-state index in [0.29, 0.717) is 5.92 Å². The van der Waals surface area contributed by atoms with Crippen LogP contribution in [0.25, 0.3) is 0 Å². The van der Waals surface area contributed by atoms with Crippen LogP contribution in [-0.4, -0.2) is 11.7 Å². The Hall–Kier alpha value is -0.300. The van der Waals surface area contributed by atoms with Gasteiger partial charge < -0.3 is 5.11 Å². The standard InChI is InChI=1S/C9H16O/c1-2-4-8-5-3-6-9(8)7-10/h6,8,10H,2-5,7H2,1H3. The average Bonchev–Trinajstić information content (AvgIpc) is 2.36. The number of aliphatic hydroxyl groups excluding tert-OH is 1. The Labute approximate surface area is 62.8 Å². The predicted octanol–water partition coefficient (Wildman–Crippen LogP) is 2.12. The van der Waals surface area contributed by atoms with Gasteiger partial charge in [-0.05, 0) is 30.8 Å². The van der Waals surface area contributed by atoms with Crippen molar-refractivity contribution >= 4 is 0 Å².